The molecule has 0 saturated carbocycles. The summed E-state index contributed by atoms with van der Waals surface area (Å²) < 4.78 is 18.0. The van der Waals surface area contributed by atoms with Crippen molar-refractivity contribution in [2.24, 2.45) is 5.73 Å². The van der Waals surface area contributed by atoms with E-state index in [1.807, 2.05) is 24.3 Å². The lowest BCUT2D eigenvalue weighted by Crippen LogP contribution is -2.11. The first-order valence-electron chi connectivity index (χ1n) is 5.35. The van der Waals surface area contributed by atoms with Gasteiger partial charge in [0.1, 0.15) is 11.6 Å². The van der Waals surface area contributed by atoms with Crippen LogP contribution in [0.25, 0.3) is 0 Å². The molecular formula is C14H14FNO. The van der Waals surface area contributed by atoms with Crippen LogP contribution in [0.15, 0.2) is 48.5 Å². The van der Waals surface area contributed by atoms with Crippen LogP contribution >= 0.6 is 0 Å². The molecule has 0 amide bonds. The predicted molar refractivity (Wildman–Crippen MR) is 65.4 cm³/mol. The summed E-state index contributed by atoms with van der Waals surface area (Å²) in [4.78, 5) is 0. The van der Waals surface area contributed by atoms with Gasteiger partial charge in [0.05, 0.1) is 13.2 Å². The van der Waals surface area contributed by atoms with Gasteiger partial charge < -0.3 is 10.5 Å². The standard InChI is InChI=1S/C14H14FNO/c1-17-13-4-2-3-11(9-13)14(16)10-5-7-12(15)8-6-10/h2-9,14H,16H2,1H3. The summed E-state index contributed by atoms with van der Waals surface area (Å²) >= 11 is 0. The molecule has 0 heterocycles. The summed E-state index contributed by atoms with van der Waals surface area (Å²) in [6.07, 6.45) is 0. The van der Waals surface area contributed by atoms with Gasteiger partial charge >= 0.3 is 0 Å². The van der Waals surface area contributed by atoms with Crippen LogP contribution in [-0.2, 0) is 0 Å². The molecular weight excluding hydrogens is 217 g/mol. The highest BCUT2D eigenvalue weighted by atomic mass is 19.1. The van der Waals surface area contributed by atoms with E-state index >= 15 is 0 Å². The molecule has 0 spiro atoms. The Kier molecular flexibility index (Phi) is 3.40. The topological polar surface area (TPSA) is 35.2 Å². The molecule has 0 aliphatic rings. The van der Waals surface area contributed by atoms with Gasteiger partial charge in [0.25, 0.3) is 0 Å². The average molecular weight is 231 g/mol. The van der Waals surface area contributed by atoms with Gasteiger partial charge in [0.15, 0.2) is 0 Å². The molecule has 0 saturated heterocycles. The number of halogens is 1. The van der Waals surface area contributed by atoms with Crippen molar-refractivity contribution in [2.75, 3.05) is 7.11 Å². The first kappa shape index (κ1) is 11.6. The fourth-order valence-corrected chi connectivity index (χ4v) is 1.70. The summed E-state index contributed by atoms with van der Waals surface area (Å²) in [6, 6.07) is 13.5. The molecule has 2 nitrogen and oxygen atoms in total. The van der Waals surface area contributed by atoms with Crippen molar-refractivity contribution in [1.29, 1.82) is 0 Å². The second-order valence-electron chi connectivity index (χ2n) is 3.81. The molecule has 0 bridgehead atoms. The number of rotatable bonds is 3. The van der Waals surface area contributed by atoms with Crippen LogP contribution in [0.1, 0.15) is 17.2 Å². The summed E-state index contributed by atoms with van der Waals surface area (Å²) in [7, 11) is 1.61. The van der Waals surface area contributed by atoms with Crippen molar-refractivity contribution >= 4 is 0 Å². The van der Waals surface area contributed by atoms with E-state index in [0.29, 0.717) is 0 Å². The second-order valence-corrected chi connectivity index (χ2v) is 3.81. The lowest BCUT2D eigenvalue weighted by Gasteiger charge is -2.13. The Bertz CT molecular complexity index is 496. The first-order valence-corrected chi connectivity index (χ1v) is 5.35. The van der Waals surface area contributed by atoms with Crippen LogP contribution < -0.4 is 10.5 Å². The summed E-state index contributed by atoms with van der Waals surface area (Å²) in [5, 5.41) is 0. The minimum absolute atomic E-state index is 0.258. The molecule has 2 N–H and O–H groups in total. The average Bonchev–Trinajstić information content (AvgIpc) is 2.39. The van der Waals surface area contributed by atoms with Crippen LogP contribution in [0.2, 0.25) is 0 Å². The van der Waals surface area contributed by atoms with Crippen LogP contribution in [-0.4, -0.2) is 7.11 Å². The minimum Gasteiger partial charge on any atom is -0.497 e. The van der Waals surface area contributed by atoms with Gasteiger partial charge in [-0.1, -0.05) is 24.3 Å². The van der Waals surface area contributed by atoms with Gasteiger partial charge in [-0.05, 0) is 35.4 Å². The van der Waals surface area contributed by atoms with Crippen LogP contribution in [0.3, 0.4) is 0 Å². The zero-order valence-electron chi connectivity index (χ0n) is 9.56. The van der Waals surface area contributed by atoms with E-state index < -0.39 is 0 Å². The molecule has 1 atom stereocenters. The van der Waals surface area contributed by atoms with Crippen LogP contribution in [0.5, 0.6) is 5.75 Å². The quantitative estimate of drug-likeness (QED) is 0.881. The van der Waals surface area contributed by atoms with E-state index in [1.165, 1.54) is 12.1 Å². The van der Waals surface area contributed by atoms with E-state index in [0.717, 1.165) is 16.9 Å². The van der Waals surface area contributed by atoms with Crippen LogP contribution in [0.4, 0.5) is 4.39 Å². The van der Waals surface area contributed by atoms with Gasteiger partial charge in [-0.15, -0.1) is 0 Å². The van der Waals surface area contributed by atoms with Crippen LogP contribution in [0, 0.1) is 5.82 Å². The van der Waals surface area contributed by atoms with E-state index in [9.17, 15) is 4.39 Å². The maximum atomic E-state index is 12.8. The Hall–Kier alpha value is -1.87. The Morgan fingerprint density at radius 2 is 1.76 bits per heavy atom. The molecule has 1 unspecified atom stereocenters. The number of nitrogens with two attached hydrogens (primary N) is 1. The smallest absolute Gasteiger partial charge is 0.123 e. The highest BCUT2D eigenvalue weighted by molar-refractivity contribution is 5.36. The fourth-order valence-electron chi connectivity index (χ4n) is 1.70. The zero-order chi connectivity index (χ0) is 12.3. The third-order valence-corrected chi connectivity index (χ3v) is 2.68. The SMILES string of the molecule is COc1cccc(C(N)c2ccc(F)cc2)c1. The molecule has 0 aromatic heterocycles. The molecule has 0 fully saturated rings. The third kappa shape index (κ3) is 2.63. The summed E-state index contributed by atoms with van der Waals surface area (Å²) in [5.41, 5.74) is 7.93. The molecule has 0 aliphatic heterocycles. The van der Waals surface area contributed by atoms with Crippen molar-refractivity contribution in [1.82, 2.24) is 0 Å². The monoisotopic (exact) mass is 231 g/mol. The van der Waals surface area contributed by atoms with Gasteiger partial charge in [-0.3, -0.25) is 0 Å². The Morgan fingerprint density at radius 3 is 2.41 bits per heavy atom. The number of benzene rings is 2. The van der Waals surface area contributed by atoms with E-state index in [2.05, 4.69) is 0 Å². The predicted octanol–water partition coefficient (Wildman–Crippen LogP) is 2.88. The summed E-state index contributed by atoms with van der Waals surface area (Å²) in [5.74, 6) is 0.506. The van der Waals surface area contributed by atoms with Gasteiger partial charge in [-0.25, -0.2) is 4.39 Å². The van der Waals surface area contributed by atoms with E-state index in [-0.39, 0.29) is 11.9 Å². The van der Waals surface area contributed by atoms with Crippen molar-refractivity contribution in [3.05, 3.63) is 65.5 Å². The largest absolute Gasteiger partial charge is 0.497 e. The molecule has 3 heteroatoms. The molecule has 17 heavy (non-hydrogen) atoms. The Labute approximate surface area is 99.8 Å². The second kappa shape index (κ2) is 4.97. The molecule has 88 valence electrons. The zero-order valence-corrected chi connectivity index (χ0v) is 9.56. The first-order chi connectivity index (χ1) is 8.20. The molecule has 2 aromatic rings. The van der Waals surface area contributed by atoms with Gasteiger partial charge in [-0.2, -0.15) is 0 Å². The van der Waals surface area contributed by atoms with Crippen molar-refractivity contribution in [3.63, 3.8) is 0 Å². The highest BCUT2D eigenvalue weighted by Gasteiger charge is 2.09. The Morgan fingerprint density at radius 1 is 1.06 bits per heavy atom. The van der Waals surface area contributed by atoms with Crippen molar-refractivity contribution in [3.8, 4) is 5.75 Å². The molecule has 0 aliphatic carbocycles. The number of hydrogen-bond donors (Lipinski definition) is 1. The van der Waals surface area contributed by atoms with Crippen molar-refractivity contribution in [2.45, 2.75) is 6.04 Å². The van der Waals surface area contributed by atoms with Crippen molar-refractivity contribution < 1.29 is 9.13 Å². The molecule has 2 rings (SSSR count). The number of ether oxygens (including phenoxy) is 1. The molecule has 0 radical (unpaired) electrons. The maximum Gasteiger partial charge on any atom is 0.123 e. The lowest BCUT2D eigenvalue weighted by molar-refractivity contribution is 0.414. The number of methoxy groups -OCH3 is 1. The summed E-state index contributed by atoms with van der Waals surface area (Å²) in [6.45, 7) is 0. The Balaban J connectivity index is 2.29. The van der Waals surface area contributed by atoms with E-state index in [1.54, 1.807) is 19.2 Å². The van der Waals surface area contributed by atoms with Gasteiger partial charge in [0.2, 0.25) is 0 Å². The normalized spacial score (nSPS) is 12.2. The lowest BCUT2D eigenvalue weighted by atomic mass is 9.99. The minimum atomic E-state index is -0.273. The maximum absolute atomic E-state index is 12.8. The molecule has 2 aromatic carbocycles. The highest BCUT2D eigenvalue weighted by Crippen LogP contribution is 2.23. The van der Waals surface area contributed by atoms with Gasteiger partial charge in [0, 0.05) is 0 Å². The fraction of sp³-hybridized carbons (Fsp3) is 0.143. The number of hydrogen-bond acceptors (Lipinski definition) is 2. The third-order valence-electron chi connectivity index (χ3n) is 2.68. The van der Waals surface area contributed by atoms with E-state index in [4.69, 9.17) is 10.5 Å².